The zero-order valence-electron chi connectivity index (χ0n) is 6.97. The van der Waals surface area contributed by atoms with Crippen LogP contribution in [0.1, 0.15) is 0 Å². The molecule has 0 bridgehead atoms. The third kappa shape index (κ3) is 11.0. The lowest BCUT2D eigenvalue weighted by atomic mass is 10.5. The van der Waals surface area contributed by atoms with Crippen molar-refractivity contribution < 1.29 is 33.3 Å². The second-order valence-corrected chi connectivity index (χ2v) is 2.94. The number of hydrogen-bond donors (Lipinski definition) is 0. The van der Waals surface area contributed by atoms with E-state index >= 15 is 0 Å². The normalized spacial score (nSPS) is 11.2. The van der Waals surface area contributed by atoms with Crippen LogP contribution in [-0.4, -0.2) is 45.5 Å². The zero-order chi connectivity index (χ0) is 7.33. The van der Waals surface area contributed by atoms with Crippen molar-refractivity contribution in [3.63, 3.8) is 0 Å². The van der Waals surface area contributed by atoms with E-state index in [9.17, 15) is 0 Å². The highest BCUT2D eigenvalue weighted by molar-refractivity contribution is 5.57. The van der Waals surface area contributed by atoms with Crippen LogP contribution >= 0.6 is 0 Å². The zero-order valence-corrected chi connectivity index (χ0v) is 9.12. The molecule has 0 radical (unpaired) electrons. The van der Waals surface area contributed by atoms with Crippen LogP contribution in [-0.2, 0) is 4.84 Å². The molecule has 0 aromatic carbocycles. The molecule has 0 saturated carbocycles. The number of oxime groups is 1. The molecule has 0 spiro atoms. The van der Waals surface area contributed by atoms with Gasteiger partial charge in [-0.25, -0.2) is 0 Å². The Bertz CT molecular complexity index is 98.4. The van der Waals surface area contributed by atoms with Crippen LogP contribution in [0.25, 0.3) is 0 Å². The van der Waals surface area contributed by atoms with Crippen LogP contribution in [0.4, 0.5) is 0 Å². The molecule has 4 heteroatoms. The highest BCUT2D eigenvalue weighted by atomic mass is 127. The highest BCUT2D eigenvalue weighted by Gasteiger charge is 2.01. The monoisotopic (exact) mass is 258 g/mol. The number of halogens is 1. The van der Waals surface area contributed by atoms with Gasteiger partial charge in [-0.1, -0.05) is 5.16 Å². The van der Waals surface area contributed by atoms with Crippen molar-refractivity contribution in [3.05, 3.63) is 0 Å². The first-order valence-corrected chi connectivity index (χ1v) is 2.92. The summed E-state index contributed by atoms with van der Waals surface area (Å²) in [6, 6.07) is 0. The van der Waals surface area contributed by atoms with E-state index in [1.807, 2.05) is 0 Å². The molecule has 0 unspecified atom stereocenters. The van der Waals surface area contributed by atoms with Gasteiger partial charge in [-0.3, -0.25) is 0 Å². The fourth-order valence-electron chi connectivity index (χ4n) is 0.353. The lowest BCUT2D eigenvalue weighted by Crippen LogP contribution is -3.00. The summed E-state index contributed by atoms with van der Waals surface area (Å²) in [6.07, 6.45) is 1.76. The first-order chi connectivity index (χ1) is 4.06. The molecule has 10 heavy (non-hydrogen) atoms. The van der Waals surface area contributed by atoms with Crippen LogP contribution in [0, 0.1) is 0 Å². The number of hydrogen-bond acceptors (Lipinski definition) is 2. The largest absolute Gasteiger partial charge is 1.00 e. The standard InChI is InChI=1S/C6H15N2O.HI/c1-8(2,3)6-5-7-9-4;/h5H,6H2,1-4H3;1H/q+1;/p-1/b7-5+;. The van der Waals surface area contributed by atoms with Gasteiger partial charge in [0.2, 0.25) is 0 Å². The quantitative estimate of drug-likeness (QED) is 0.234. The Hall–Kier alpha value is 0.160. The molecule has 0 aliphatic rings. The molecular formula is C6H15IN2O. The van der Waals surface area contributed by atoms with Crippen molar-refractivity contribution >= 4 is 6.21 Å². The summed E-state index contributed by atoms with van der Waals surface area (Å²) in [5, 5.41) is 3.62. The Balaban J connectivity index is 0. The highest BCUT2D eigenvalue weighted by Crippen LogP contribution is 1.84. The van der Waals surface area contributed by atoms with Gasteiger partial charge in [0.05, 0.1) is 27.4 Å². The molecule has 0 aliphatic carbocycles. The van der Waals surface area contributed by atoms with Gasteiger partial charge in [0.1, 0.15) is 13.7 Å². The fourth-order valence-corrected chi connectivity index (χ4v) is 0.353. The third-order valence-electron chi connectivity index (χ3n) is 0.809. The van der Waals surface area contributed by atoms with E-state index in [0.717, 1.165) is 11.0 Å². The predicted molar refractivity (Wildman–Crippen MR) is 38.4 cm³/mol. The average molecular weight is 258 g/mol. The van der Waals surface area contributed by atoms with Crippen molar-refractivity contribution in [1.29, 1.82) is 0 Å². The van der Waals surface area contributed by atoms with E-state index in [0.29, 0.717) is 0 Å². The van der Waals surface area contributed by atoms with Gasteiger partial charge in [-0.05, 0) is 0 Å². The summed E-state index contributed by atoms with van der Waals surface area (Å²) in [5.41, 5.74) is 0. The first kappa shape index (κ1) is 12.8. The Labute approximate surface area is 79.6 Å². The van der Waals surface area contributed by atoms with Gasteiger partial charge in [0, 0.05) is 0 Å². The fraction of sp³-hybridized carbons (Fsp3) is 0.833. The van der Waals surface area contributed by atoms with Crippen LogP contribution < -0.4 is 24.0 Å². The van der Waals surface area contributed by atoms with Gasteiger partial charge in [-0.2, -0.15) is 0 Å². The Morgan fingerprint density at radius 3 is 2.20 bits per heavy atom. The minimum atomic E-state index is 0. The Morgan fingerprint density at radius 2 is 1.90 bits per heavy atom. The van der Waals surface area contributed by atoms with Crippen molar-refractivity contribution in [2.45, 2.75) is 0 Å². The topological polar surface area (TPSA) is 21.6 Å². The van der Waals surface area contributed by atoms with Gasteiger partial charge in [0.25, 0.3) is 0 Å². The Morgan fingerprint density at radius 1 is 1.40 bits per heavy atom. The van der Waals surface area contributed by atoms with Crippen LogP contribution in [0.5, 0.6) is 0 Å². The van der Waals surface area contributed by atoms with E-state index in [1.54, 1.807) is 13.3 Å². The molecule has 0 rings (SSSR count). The molecule has 0 aromatic rings. The molecule has 62 valence electrons. The van der Waals surface area contributed by atoms with Crippen LogP contribution in [0.2, 0.25) is 0 Å². The van der Waals surface area contributed by atoms with E-state index in [-0.39, 0.29) is 24.0 Å². The second kappa shape index (κ2) is 5.91. The maximum absolute atomic E-state index is 4.50. The molecule has 0 aromatic heterocycles. The summed E-state index contributed by atoms with van der Waals surface area (Å²) in [5.74, 6) is 0. The second-order valence-electron chi connectivity index (χ2n) is 2.94. The van der Waals surface area contributed by atoms with Gasteiger partial charge >= 0.3 is 0 Å². The van der Waals surface area contributed by atoms with E-state index < -0.39 is 0 Å². The molecule has 0 atom stereocenters. The molecule has 0 saturated heterocycles. The number of rotatable bonds is 3. The maximum atomic E-state index is 4.50. The van der Waals surface area contributed by atoms with Crippen molar-refractivity contribution in [2.75, 3.05) is 34.8 Å². The van der Waals surface area contributed by atoms with Crippen molar-refractivity contribution in [1.82, 2.24) is 0 Å². The van der Waals surface area contributed by atoms with E-state index in [4.69, 9.17) is 0 Å². The molecule has 0 N–H and O–H groups in total. The van der Waals surface area contributed by atoms with E-state index in [2.05, 4.69) is 31.1 Å². The van der Waals surface area contributed by atoms with E-state index in [1.165, 1.54) is 0 Å². The number of nitrogens with zero attached hydrogens (tertiary/aromatic N) is 2. The maximum Gasteiger partial charge on any atom is 0.117 e. The molecular weight excluding hydrogens is 243 g/mol. The van der Waals surface area contributed by atoms with Gasteiger partial charge in [-0.15, -0.1) is 0 Å². The third-order valence-corrected chi connectivity index (χ3v) is 0.809. The average Bonchev–Trinajstić information content (AvgIpc) is 1.63. The summed E-state index contributed by atoms with van der Waals surface area (Å²) >= 11 is 0. The predicted octanol–water partition coefficient (Wildman–Crippen LogP) is -2.67. The molecule has 3 nitrogen and oxygen atoms in total. The lowest BCUT2D eigenvalue weighted by molar-refractivity contribution is -0.860. The summed E-state index contributed by atoms with van der Waals surface area (Å²) in [4.78, 5) is 4.50. The Kier molecular flexibility index (Phi) is 7.56. The molecule has 0 fully saturated rings. The minimum absolute atomic E-state index is 0. The van der Waals surface area contributed by atoms with Gasteiger partial charge < -0.3 is 33.3 Å². The molecule has 0 amide bonds. The minimum Gasteiger partial charge on any atom is -1.00 e. The first-order valence-electron chi connectivity index (χ1n) is 2.92. The van der Waals surface area contributed by atoms with Crippen molar-refractivity contribution in [3.8, 4) is 0 Å². The smallest absolute Gasteiger partial charge is 0.117 e. The number of quaternary nitrogens is 1. The summed E-state index contributed by atoms with van der Waals surface area (Å²) in [7, 11) is 7.84. The summed E-state index contributed by atoms with van der Waals surface area (Å²) in [6.45, 7) is 0.897. The van der Waals surface area contributed by atoms with Crippen LogP contribution in [0.3, 0.4) is 0 Å². The van der Waals surface area contributed by atoms with Gasteiger partial charge in [0.15, 0.2) is 0 Å². The van der Waals surface area contributed by atoms with Crippen molar-refractivity contribution in [2.24, 2.45) is 5.16 Å². The van der Waals surface area contributed by atoms with Crippen LogP contribution in [0.15, 0.2) is 5.16 Å². The summed E-state index contributed by atoms with van der Waals surface area (Å²) < 4.78 is 0.882. The molecule has 0 heterocycles. The lowest BCUT2D eigenvalue weighted by Gasteiger charge is -2.20. The SMILES string of the molecule is CO/N=C/C[N+](C)(C)C.[I-]. The molecule has 0 aliphatic heterocycles.